The molecule has 6 nitrogen and oxygen atoms in total. The van der Waals surface area contributed by atoms with Crippen LogP contribution in [-0.2, 0) is 0 Å². The van der Waals surface area contributed by atoms with E-state index in [1.54, 1.807) is 0 Å². The molecule has 6 heteroatoms. The zero-order valence-corrected chi connectivity index (χ0v) is 14.0. The van der Waals surface area contributed by atoms with Crippen molar-refractivity contribution in [1.82, 2.24) is 20.0 Å². The molecule has 2 aromatic rings. The van der Waals surface area contributed by atoms with Gasteiger partial charge in [-0.15, -0.1) is 0 Å². The Kier molecular flexibility index (Phi) is 3.35. The van der Waals surface area contributed by atoms with Crippen LogP contribution in [0.25, 0.3) is 0 Å². The maximum atomic E-state index is 13.1. The summed E-state index contributed by atoms with van der Waals surface area (Å²) >= 11 is 0. The molecule has 2 bridgehead atoms. The normalized spacial score (nSPS) is 33.4. The molecule has 0 spiro atoms. The van der Waals surface area contributed by atoms with Crippen molar-refractivity contribution in [3.63, 3.8) is 0 Å². The Balaban J connectivity index is 1.54. The predicted molar refractivity (Wildman–Crippen MR) is 93.5 cm³/mol. The number of H-pyrrole nitrogens is 2. The Labute approximate surface area is 145 Å². The van der Waals surface area contributed by atoms with Crippen LogP contribution in [0.2, 0.25) is 0 Å². The minimum atomic E-state index is -0.257. The van der Waals surface area contributed by atoms with Crippen LogP contribution in [0.4, 0.5) is 0 Å². The molecule has 1 amide bonds. The number of carbonyl (C=O) groups is 1. The summed E-state index contributed by atoms with van der Waals surface area (Å²) in [5.41, 5.74) is 1.42. The lowest BCUT2D eigenvalue weighted by atomic mass is 9.75. The van der Waals surface area contributed by atoms with Crippen LogP contribution in [0.1, 0.15) is 34.8 Å². The summed E-state index contributed by atoms with van der Waals surface area (Å²) in [4.78, 5) is 29.1. The lowest BCUT2D eigenvalue weighted by molar-refractivity contribution is -0.00358. The number of amides is 1. The van der Waals surface area contributed by atoms with Crippen LogP contribution >= 0.6 is 0 Å². The van der Waals surface area contributed by atoms with Gasteiger partial charge in [-0.3, -0.25) is 24.7 Å². The zero-order chi connectivity index (χ0) is 17.0. The van der Waals surface area contributed by atoms with Gasteiger partial charge in [0.25, 0.3) is 11.5 Å². The molecule has 0 aliphatic carbocycles. The number of aromatic amines is 2. The van der Waals surface area contributed by atoms with Crippen molar-refractivity contribution in [3.8, 4) is 0 Å². The summed E-state index contributed by atoms with van der Waals surface area (Å²) in [7, 11) is 0. The lowest BCUT2D eigenvalue weighted by Gasteiger charge is -2.51. The number of nitrogens with zero attached hydrogens (tertiary/aromatic N) is 2. The van der Waals surface area contributed by atoms with Gasteiger partial charge in [-0.25, -0.2) is 0 Å². The Morgan fingerprint density at radius 3 is 2.48 bits per heavy atom. The Bertz CT molecular complexity index is 834. The first-order chi connectivity index (χ1) is 12.2. The largest absolute Gasteiger partial charge is 0.332 e. The van der Waals surface area contributed by atoms with Crippen molar-refractivity contribution in [2.24, 2.45) is 5.92 Å². The first kappa shape index (κ1) is 15.0. The van der Waals surface area contributed by atoms with Gasteiger partial charge in [-0.1, -0.05) is 30.3 Å². The molecule has 0 saturated carbocycles. The van der Waals surface area contributed by atoms with E-state index >= 15 is 0 Å². The van der Waals surface area contributed by atoms with Crippen LogP contribution < -0.4 is 5.56 Å². The molecule has 0 radical (unpaired) electrons. The van der Waals surface area contributed by atoms with Crippen molar-refractivity contribution in [2.75, 3.05) is 19.6 Å². The number of hydrogen-bond acceptors (Lipinski definition) is 3. The Morgan fingerprint density at radius 1 is 1.04 bits per heavy atom. The number of carbonyl (C=O) groups excluding carboxylic acids is 1. The number of likely N-dealkylation sites (tertiary alicyclic amines) is 1. The molecule has 2 N–H and O–H groups in total. The smallest absolute Gasteiger partial charge is 0.272 e. The van der Waals surface area contributed by atoms with Gasteiger partial charge >= 0.3 is 0 Å². The number of benzene rings is 1. The van der Waals surface area contributed by atoms with E-state index in [4.69, 9.17) is 0 Å². The number of hydrogen-bond donors (Lipinski definition) is 2. The first-order valence-electron chi connectivity index (χ1n) is 9.10. The molecule has 25 heavy (non-hydrogen) atoms. The molecular formula is C19H22N4O2. The highest BCUT2D eigenvalue weighted by Gasteiger charge is 2.54. The summed E-state index contributed by atoms with van der Waals surface area (Å²) in [6.07, 6.45) is 2.33. The standard InChI is InChI=1S/C19H22N4O2/c24-16-10-15(20-21-16)19(25)23-11-14(12-4-2-1-3-5-12)18-17(23)13-6-8-22(18)9-7-13/h1-5,10,13-14,17-18H,6-9,11H2,(H2,20,21,24)/t14-,17+,18+/m0/s1. The van der Waals surface area contributed by atoms with E-state index in [0.717, 1.165) is 32.5 Å². The minimum absolute atomic E-state index is 0.0551. The second-order valence-electron chi connectivity index (χ2n) is 7.50. The number of fused-ring (bicyclic) bond motifs is 2. The average Bonchev–Trinajstić information content (AvgIpc) is 3.28. The number of piperidine rings is 3. The molecule has 4 saturated heterocycles. The molecule has 1 aromatic heterocycles. The van der Waals surface area contributed by atoms with Gasteiger partial charge in [0.1, 0.15) is 5.69 Å². The van der Waals surface area contributed by atoms with Gasteiger partial charge in [-0.2, -0.15) is 0 Å². The molecule has 0 unspecified atom stereocenters. The fourth-order valence-corrected chi connectivity index (χ4v) is 5.25. The van der Waals surface area contributed by atoms with E-state index in [1.807, 2.05) is 11.0 Å². The summed E-state index contributed by atoms with van der Waals surface area (Å²) in [5, 5.41) is 5.22. The van der Waals surface area contributed by atoms with E-state index in [1.165, 1.54) is 11.6 Å². The van der Waals surface area contributed by atoms with Gasteiger partial charge in [0.2, 0.25) is 0 Å². The molecule has 130 valence electrons. The predicted octanol–water partition coefficient (Wildman–Crippen LogP) is 1.41. The SMILES string of the molecule is O=C(c1cc(=O)[nH][nH]1)N1C[C@@H](c2ccccc2)[C@@H]2[C@H]1C1CCN2CC1. The van der Waals surface area contributed by atoms with Crippen LogP contribution in [0.3, 0.4) is 0 Å². The first-order valence-corrected chi connectivity index (χ1v) is 9.10. The molecule has 6 rings (SSSR count). The third-order valence-corrected chi connectivity index (χ3v) is 6.31. The number of rotatable bonds is 2. The maximum absolute atomic E-state index is 13.1. The van der Waals surface area contributed by atoms with E-state index in [0.29, 0.717) is 23.6 Å². The quantitative estimate of drug-likeness (QED) is 0.869. The second kappa shape index (κ2) is 5.59. The van der Waals surface area contributed by atoms with Gasteiger partial charge < -0.3 is 4.90 Å². The topological polar surface area (TPSA) is 72.2 Å². The summed E-state index contributed by atoms with van der Waals surface area (Å²) in [5.74, 6) is 0.850. The van der Waals surface area contributed by atoms with E-state index < -0.39 is 0 Å². The fourth-order valence-electron chi connectivity index (χ4n) is 5.25. The van der Waals surface area contributed by atoms with E-state index in [2.05, 4.69) is 39.4 Å². The molecular weight excluding hydrogens is 316 g/mol. The van der Waals surface area contributed by atoms with Crippen LogP contribution in [0.15, 0.2) is 41.2 Å². The average molecular weight is 338 g/mol. The van der Waals surface area contributed by atoms with Crippen molar-refractivity contribution < 1.29 is 4.79 Å². The van der Waals surface area contributed by atoms with Crippen LogP contribution in [0.5, 0.6) is 0 Å². The zero-order valence-electron chi connectivity index (χ0n) is 14.0. The van der Waals surface area contributed by atoms with Gasteiger partial charge in [-0.05, 0) is 37.4 Å². The summed E-state index contributed by atoms with van der Waals surface area (Å²) in [6.45, 7) is 2.99. The Hall–Kier alpha value is -2.34. The highest BCUT2D eigenvalue weighted by Crippen LogP contribution is 2.46. The van der Waals surface area contributed by atoms with Crippen LogP contribution in [0, 0.1) is 5.92 Å². The van der Waals surface area contributed by atoms with E-state index in [9.17, 15) is 9.59 Å². The molecule has 3 atom stereocenters. The maximum Gasteiger partial charge on any atom is 0.272 e. The van der Waals surface area contributed by atoms with Crippen molar-refractivity contribution >= 4 is 5.91 Å². The molecule has 4 aliphatic heterocycles. The number of aromatic nitrogens is 2. The minimum Gasteiger partial charge on any atom is -0.332 e. The second-order valence-corrected chi connectivity index (χ2v) is 7.50. The molecule has 4 fully saturated rings. The molecule has 4 aliphatic rings. The molecule has 1 aromatic carbocycles. The highest BCUT2D eigenvalue weighted by atomic mass is 16.2. The van der Waals surface area contributed by atoms with Crippen LogP contribution in [-0.4, -0.2) is 57.6 Å². The van der Waals surface area contributed by atoms with Gasteiger partial charge in [0.05, 0.1) is 6.04 Å². The third-order valence-electron chi connectivity index (χ3n) is 6.31. The summed E-state index contributed by atoms with van der Waals surface area (Å²) in [6, 6.07) is 12.6. The lowest BCUT2D eigenvalue weighted by Crippen LogP contribution is -2.60. The highest BCUT2D eigenvalue weighted by molar-refractivity contribution is 5.92. The molecule has 5 heterocycles. The van der Waals surface area contributed by atoms with Gasteiger partial charge in [0, 0.05) is 24.6 Å². The number of nitrogens with one attached hydrogen (secondary N) is 2. The Morgan fingerprint density at radius 2 is 1.80 bits per heavy atom. The monoisotopic (exact) mass is 338 g/mol. The third kappa shape index (κ3) is 2.28. The van der Waals surface area contributed by atoms with Crippen molar-refractivity contribution in [3.05, 3.63) is 58.0 Å². The van der Waals surface area contributed by atoms with Crippen molar-refractivity contribution in [1.29, 1.82) is 0 Å². The summed E-state index contributed by atoms with van der Waals surface area (Å²) < 4.78 is 0. The fraction of sp³-hybridized carbons (Fsp3) is 0.474. The van der Waals surface area contributed by atoms with E-state index in [-0.39, 0.29) is 17.5 Å². The van der Waals surface area contributed by atoms with Gasteiger partial charge in [0.15, 0.2) is 0 Å². The van der Waals surface area contributed by atoms with Crippen molar-refractivity contribution in [2.45, 2.75) is 30.8 Å².